The van der Waals surface area contributed by atoms with Gasteiger partial charge in [0.05, 0.1) is 12.2 Å². The number of likely N-dealkylation sites (N-methyl/N-ethyl adjacent to an activating group) is 1. The average molecular weight is 510 g/mol. The third kappa shape index (κ3) is 7.45. The second-order valence-electron chi connectivity index (χ2n) is 7.03. The number of nitrogens with one attached hydrogen (secondary N) is 1. The number of rotatable bonds is 7. The number of nitrogens with zero attached hydrogens (tertiary/aromatic N) is 5. The maximum atomic E-state index is 5.34. The zero-order valence-corrected chi connectivity index (χ0v) is 20.6. The molecule has 0 aromatic carbocycles. The summed E-state index contributed by atoms with van der Waals surface area (Å²) in [5.74, 6) is 0.903. The first-order chi connectivity index (χ1) is 12.4. The van der Waals surface area contributed by atoms with Crippen molar-refractivity contribution < 1.29 is 4.74 Å². The molecule has 1 aliphatic rings. The van der Waals surface area contributed by atoms with Crippen molar-refractivity contribution in [3.05, 3.63) is 16.1 Å². The van der Waals surface area contributed by atoms with E-state index in [1.165, 1.54) is 0 Å². The van der Waals surface area contributed by atoms with Crippen LogP contribution in [0.5, 0.6) is 0 Å². The molecule has 1 aromatic rings. The number of ether oxygens (including phenoxy) is 1. The average Bonchev–Trinajstić information content (AvgIpc) is 3.10. The number of aliphatic imine (C=N–C) groups is 1. The van der Waals surface area contributed by atoms with Crippen molar-refractivity contribution in [2.45, 2.75) is 32.5 Å². The van der Waals surface area contributed by atoms with Crippen molar-refractivity contribution in [1.29, 1.82) is 0 Å². The topological polar surface area (TPSA) is 56.2 Å². The van der Waals surface area contributed by atoms with Gasteiger partial charge in [0, 0.05) is 65.4 Å². The normalized spacial score (nSPS) is 18.7. The summed E-state index contributed by atoms with van der Waals surface area (Å²) < 4.78 is 5.34. The van der Waals surface area contributed by atoms with Crippen LogP contribution in [0.1, 0.15) is 30.7 Å². The molecule has 2 unspecified atom stereocenters. The number of aromatic nitrogens is 1. The van der Waals surface area contributed by atoms with Crippen LogP contribution in [0.25, 0.3) is 0 Å². The fourth-order valence-corrected chi connectivity index (χ4v) is 3.86. The van der Waals surface area contributed by atoms with Crippen molar-refractivity contribution in [2.24, 2.45) is 4.99 Å². The molecule has 156 valence electrons. The largest absolute Gasteiger partial charge is 0.375 e. The number of methoxy groups -OCH3 is 1. The Balaban J connectivity index is 0.00000364. The summed E-state index contributed by atoms with van der Waals surface area (Å²) in [4.78, 5) is 16.1. The molecule has 1 N–H and O–H groups in total. The van der Waals surface area contributed by atoms with E-state index in [2.05, 4.69) is 56.4 Å². The Morgan fingerprint density at radius 2 is 2.04 bits per heavy atom. The van der Waals surface area contributed by atoms with Gasteiger partial charge in [-0.3, -0.25) is 9.89 Å². The van der Waals surface area contributed by atoms with Crippen LogP contribution in [0.2, 0.25) is 0 Å². The van der Waals surface area contributed by atoms with Gasteiger partial charge >= 0.3 is 0 Å². The highest BCUT2D eigenvalue weighted by molar-refractivity contribution is 14.0. The molecule has 0 amide bonds. The van der Waals surface area contributed by atoms with Gasteiger partial charge in [0.15, 0.2) is 5.96 Å². The molecule has 2 heterocycles. The second kappa shape index (κ2) is 12.2. The SMILES string of the molecule is CN=C(NCC(C)N1CCN(C)CC1)N(C)Cc1csc(C(C)OC)n1.I. The van der Waals surface area contributed by atoms with Gasteiger partial charge in [-0.1, -0.05) is 0 Å². The van der Waals surface area contributed by atoms with Gasteiger partial charge in [-0.05, 0) is 20.9 Å². The minimum absolute atomic E-state index is 0. The molecule has 0 bridgehead atoms. The van der Waals surface area contributed by atoms with Crippen LogP contribution in [-0.4, -0.2) is 92.7 Å². The fraction of sp³-hybridized carbons (Fsp3) is 0.778. The van der Waals surface area contributed by atoms with Crippen molar-refractivity contribution in [1.82, 2.24) is 25.0 Å². The standard InChI is InChI=1S/C18H34N6OS.HI/c1-14(24-9-7-22(4)8-10-24)11-20-18(19-3)23(5)12-16-13-26-17(21-16)15(2)25-6;/h13-15H,7-12H2,1-6H3,(H,19,20);1H. The maximum Gasteiger partial charge on any atom is 0.193 e. The predicted octanol–water partition coefficient (Wildman–Crippen LogP) is 2.11. The van der Waals surface area contributed by atoms with Crippen LogP contribution >= 0.6 is 35.3 Å². The quantitative estimate of drug-likeness (QED) is 0.345. The Bertz CT molecular complexity index is 576. The summed E-state index contributed by atoms with van der Waals surface area (Å²) in [6.07, 6.45) is 0.0425. The lowest BCUT2D eigenvalue weighted by Crippen LogP contribution is -2.52. The fourth-order valence-electron chi connectivity index (χ4n) is 3.02. The van der Waals surface area contributed by atoms with E-state index in [0.717, 1.165) is 55.9 Å². The van der Waals surface area contributed by atoms with E-state index in [0.29, 0.717) is 6.04 Å². The lowest BCUT2D eigenvalue weighted by Gasteiger charge is -2.37. The summed E-state index contributed by atoms with van der Waals surface area (Å²) in [7, 11) is 7.78. The van der Waals surface area contributed by atoms with Crippen LogP contribution in [0.15, 0.2) is 10.4 Å². The summed E-state index contributed by atoms with van der Waals surface area (Å²) in [5, 5.41) is 6.62. The third-order valence-electron chi connectivity index (χ3n) is 4.96. The van der Waals surface area contributed by atoms with Crippen molar-refractivity contribution in [3.63, 3.8) is 0 Å². The van der Waals surface area contributed by atoms with Crippen LogP contribution in [0.4, 0.5) is 0 Å². The van der Waals surface area contributed by atoms with E-state index < -0.39 is 0 Å². The smallest absolute Gasteiger partial charge is 0.193 e. The van der Waals surface area contributed by atoms with E-state index in [9.17, 15) is 0 Å². The Kier molecular flexibility index (Phi) is 11.0. The van der Waals surface area contributed by atoms with Crippen LogP contribution in [0, 0.1) is 0 Å². The zero-order chi connectivity index (χ0) is 19.1. The molecule has 0 spiro atoms. The molecule has 9 heteroatoms. The van der Waals surface area contributed by atoms with Crippen molar-refractivity contribution in [3.8, 4) is 0 Å². The van der Waals surface area contributed by atoms with E-state index in [1.807, 2.05) is 14.0 Å². The van der Waals surface area contributed by atoms with Gasteiger partial charge in [0.2, 0.25) is 0 Å². The molecule has 1 aliphatic heterocycles. The second-order valence-corrected chi connectivity index (χ2v) is 7.92. The number of hydrogen-bond acceptors (Lipinski definition) is 6. The summed E-state index contributed by atoms with van der Waals surface area (Å²) in [6, 6.07) is 0.488. The van der Waals surface area contributed by atoms with Gasteiger partial charge < -0.3 is 19.9 Å². The van der Waals surface area contributed by atoms with Gasteiger partial charge in [-0.25, -0.2) is 4.98 Å². The summed E-state index contributed by atoms with van der Waals surface area (Å²) in [5.41, 5.74) is 1.05. The number of thiazole rings is 1. The predicted molar refractivity (Wildman–Crippen MR) is 124 cm³/mol. The first kappa shape index (κ1) is 24.5. The van der Waals surface area contributed by atoms with Crippen molar-refractivity contribution >= 4 is 41.3 Å². The highest BCUT2D eigenvalue weighted by Gasteiger charge is 2.20. The first-order valence-electron chi connectivity index (χ1n) is 9.26. The van der Waals surface area contributed by atoms with Gasteiger partial charge in [0.25, 0.3) is 0 Å². The van der Waals surface area contributed by atoms with Crippen LogP contribution in [-0.2, 0) is 11.3 Å². The maximum absolute atomic E-state index is 5.34. The van der Waals surface area contributed by atoms with Gasteiger partial charge in [0.1, 0.15) is 11.1 Å². The van der Waals surface area contributed by atoms with Crippen LogP contribution in [0.3, 0.4) is 0 Å². The Morgan fingerprint density at radius 3 is 2.63 bits per heavy atom. The molecule has 1 aromatic heterocycles. The summed E-state index contributed by atoms with van der Waals surface area (Å²) in [6.45, 7) is 10.5. The Morgan fingerprint density at radius 1 is 1.37 bits per heavy atom. The molecule has 1 saturated heterocycles. The highest BCUT2D eigenvalue weighted by atomic mass is 127. The number of piperazine rings is 1. The molecule has 2 atom stereocenters. The van der Waals surface area contributed by atoms with E-state index >= 15 is 0 Å². The lowest BCUT2D eigenvalue weighted by atomic mass is 10.2. The summed E-state index contributed by atoms with van der Waals surface area (Å²) >= 11 is 1.65. The van der Waals surface area contributed by atoms with E-state index in [1.54, 1.807) is 18.4 Å². The Labute approximate surface area is 185 Å². The molecular weight excluding hydrogens is 475 g/mol. The minimum Gasteiger partial charge on any atom is -0.375 e. The first-order valence-corrected chi connectivity index (χ1v) is 10.1. The number of guanidine groups is 1. The molecule has 0 saturated carbocycles. The number of hydrogen-bond donors (Lipinski definition) is 1. The van der Waals surface area contributed by atoms with Crippen molar-refractivity contribution in [2.75, 3.05) is 61.0 Å². The molecule has 0 radical (unpaired) electrons. The highest BCUT2D eigenvalue weighted by Crippen LogP contribution is 2.20. The Hall–Kier alpha value is -0.490. The van der Waals surface area contributed by atoms with Crippen LogP contribution < -0.4 is 5.32 Å². The molecule has 1 fully saturated rings. The molecule has 27 heavy (non-hydrogen) atoms. The lowest BCUT2D eigenvalue weighted by molar-refractivity contribution is 0.119. The minimum atomic E-state index is 0. The molecular formula is C18H35IN6OS. The number of halogens is 1. The molecule has 7 nitrogen and oxygen atoms in total. The van der Waals surface area contributed by atoms with Gasteiger partial charge in [-0.2, -0.15) is 0 Å². The third-order valence-corrected chi connectivity index (χ3v) is 6.01. The van der Waals surface area contributed by atoms with Gasteiger partial charge in [-0.15, -0.1) is 35.3 Å². The zero-order valence-electron chi connectivity index (χ0n) is 17.4. The molecule has 0 aliphatic carbocycles. The monoisotopic (exact) mass is 510 g/mol. The van der Waals surface area contributed by atoms with E-state index in [4.69, 9.17) is 4.74 Å². The van der Waals surface area contributed by atoms with E-state index in [-0.39, 0.29) is 30.1 Å². The molecule has 2 rings (SSSR count).